The first-order chi connectivity index (χ1) is 13.5. The predicted molar refractivity (Wildman–Crippen MR) is 105 cm³/mol. The molecular formula is C21H21N3O4. The molecule has 28 heavy (non-hydrogen) atoms. The Hall–Kier alpha value is -3.35. The Kier molecular flexibility index (Phi) is 4.73. The number of esters is 1. The third kappa shape index (κ3) is 3.43. The quantitative estimate of drug-likeness (QED) is 0.798. The van der Waals surface area contributed by atoms with Crippen molar-refractivity contribution in [2.45, 2.75) is 31.9 Å². The van der Waals surface area contributed by atoms with Gasteiger partial charge in [0.1, 0.15) is 6.04 Å². The largest absolute Gasteiger partial charge is 0.449 e. The zero-order chi connectivity index (χ0) is 19.7. The van der Waals surface area contributed by atoms with Crippen molar-refractivity contribution >= 4 is 34.8 Å². The van der Waals surface area contributed by atoms with Crippen LogP contribution in [0.5, 0.6) is 0 Å². The van der Waals surface area contributed by atoms with E-state index in [0.29, 0.717) is 11.4 Å². The minimum atomic E-state index is -0.957. The Bertz CT molecular complexity index is 929. The molecule has 2 aromatic rings. The first kappa shape index (κ1) is 18.0. The van der Waals surface area contributed by atoms with Gasteiger partial charge in [-0.15, -0.1) is 0 Å². The summed E-state index contributed by atoms with van der Waals surface area (Å²) >= 11 is 0. The van der Waals surface area contributed by atoms with E-state index in [4.69, 9.17) is 4.74 Å². The molecule has 7 heteroatoms. The minimum absolute atomic E-state index is 0.0499. The van der Waals surface area contributed by atoms with Crippen LogP contribution in [0.2, 0.25) is 0 Å². The van der Waals surface area contributed by atoms with E-state index in [1.807, 2.05) is 12.1 Å². The lowest BCUT2D eigenvalue weighted by Gasteiger charge is -2.33. The molecule has 2 aromatic carbocycles. The third-order valence-electron chi connectivity index (χ3n) is 5.05. The number of hydrogen-bond acceptors (Lipinski definition) is 5. The lowest BCUT2D eigenvalue weighted by atomic mass is 10.1. The number of rotatable bonds is 4. The van der Waals surface area contributed by atoms with Crippen LogP contribution in [0.1, 0.15) is 30.1 Å². The van der Waals surface area contributed by atoms with Crippen molar-refractivity contribution < 1.29 is 19.1 Å². The van der Waals surface area contributed by atoms with Crippen LogP contribution in [0.25, 0.3) is 0 Å². The molecule has 2 aliphatic heterocycles. The Morgan fingerprint density at radius 3 is 2.79 bits per heavy atom. The van der Waals surface area contributed by atoms with Gasteiger partial charge < -0.3 is 20.3 Å². The fourth-order valence-electron chi connectivity index (χ4n) is 3.60. The Balaban J connectivity index is 1.44. The van der Waals surface area contributed by atoms with Crippen molar-refractivity contribution in [1.82, 2.24) is 0 Å². The van der Waals surface area contributed by atoms with Crippen molar-refractivity contribution in [3.05, 3.63) is 54.1 Å². The summed E-state index contributed by atoms with van der Waals surface area (Å²) in [6.45, 7) is 2.34. The highest BCUT2D eigenvalue weighted by molar-refractivity contribution is 6.05. The number of nitrogens with zero attached hydrogens (tertiary/aromatic N) is 1. The predicted octanol–water partition coefficient (Wildman–Crippen LogP) is 2.79. The highest BCUT2D eigenvalue weighted by atomic mass is 16.5. The molecule has 2 heterocycles. The summed E-state index contributed by atoms with van der Waals surface area (Å²) in [6, 6.07) is 13.9. The molecule has 0 radical (unpaired) electrons. The highest BCUT2D eigenvalue weighted by Crippen LogP contribution is 2.37. The molecule has 0 aliphatic carbocycles. The number of hydrogen-bond donors (Lipinski definition) is 2. The molecule has 0 aromatic heterocycles. The van der Waals surface area contributed by atoms with Crippen molar-refractivity contribution in [1.29, 1.82) is 0 Å². The summed E-state index contributed by atoms with van der Waals surface area (Å²) in [5.74, 6) is -1.08. The van der Waals surface area contributed by atoms with E-state index in [-0.39, 0.29) is 17.5 Å². The van der Waals surface area contributed by atoms with Crippen molar-refractivity contribution in [2.75, 3.05) is 22.1 Å². The van der Waals surface area contributed by atoms with Crippen molar-refractivity contribution in [3.63, 3.8) is 0 Å². The Morgan fingerprint density at radius 1 is 1.21 bits per heavy atom. The molecule has 2 N–H and O–H groups in total. The second-order valence-corrected chi connectivity index (χ2v) is 6.98. The van der Waals surface area contributed by atoms with E-state index in [2.05, 4.69) is 15.5 Å². The van der Waals surface area contributed by atoms with E-state index in [0.717, 1.165) is 25.1 Å². The Morgan fingerprint density at radius 2 is 2.00 bits per heavy atom. The summed E-state index contributed by atoms with van der Waals surface area (Å²) in [7, 11) is 0. The van der Waals surface area contributed by atoms with Crippen molar-refractivity contribution in [2.24, 2.45) is 0 Å². The van der Waals surface area contributed by atoms with Crippen molar-refractivity contribution in [3.8, 4) is 0 Å². The summed E-state index contributed by atoms with van der Waals surface area (Å²) in [5.41, 5.74) is 2.43. The van der Waals surface area contributed by atoms with E-state index < -0.39 is 18.0 Å². The van der Waals surface area contributed by atoms with Gasteiger partial charge >= 0.3 is 5.97 Å². The molecule has 2 aliphatic rings. The molecule has 1 fully saturated rings. The van der Waals surface area contributed by atoms with Crippen LogP contribution in [-0.2, 0) is 14.3 Å². The number of amides is 2. The summed E-state index contributed by atoms with van der Waals surface area (Å²) in [6.07, 6.45) is 0.847. The normalized spacial score (nSPS) is 18.5. The number of para-hydroxylation sites is 1. The average Bonchev–Trinajstić information content (AvgIpc) is 3.19. The van der Waals surface area contributed by atoms with Crippen LogP contribution in [-0.4, -0.2) is 36.5 Å². The summed E-state index contributed by atoms with van der Waals surface area (Å²) in [5, 5.41) is 5.57. The number of carbonyl (C=O) groups excluding carboxylic acids is 3. The zero-order valence-electron chi connectivity index (χ0n) is 15.5. The smallest absolute Gasteiger partial charge is 0.338 e. The van der Waals surface area contributed by atoms with Gasteiger partial charge in [-0.05, 0) is 50.1 Å². The lowest BCUT2D eigenvalue weighted by Crippen LogP contribution is -2.43. The van der Waals surface area contributed by atoms with Gasteiger partial charge in [-0.2, -0.15) is 0 Å². The molecule has 0 unspecified atom stereocenters. The molecule has 2 amide bonds. The first-order valence-electron chi connectivity index (χ1n) is 9.31. The van der Waals surface area contributed by atoms with Crippen LogP contribution in [0.15, 0.2) is 48.5 Å². The topological polar surface area (TPSA) is 87.7 Å². The fraction of sp³-hybridized carbons (Fsp3) is 0.286. The monoisotopic (exact) mass is 379 g/mol. The number of nitrogens with one attached hydrogen (secondary N) is 2. The van der Waals surface area contributed by atoms with Gasteiger partial charge in [-0.1, -0.05) is 18.2 Å². The molecule has 0 bridgehead atoms. The van der Waals surface area contributed by atoms with Gasteiger partial charge in [-0.3, -0.25) is 9.59 Å². The molecule has 144 valence electrons. The molecular weight excluding hydrogens is 358 g/mol. The number of ether oxygens (including phenoxy) is 1. The number of anilines is 3. The van der Waals surface area contributed by atoms with Gasteiger partial charge in [0, 0.05) is 12.2 Å². The van der Waals surface area contributed by atoms with Crippen LogP contribution in [0.4, 0.5) is 17.1 Å². The standard InChI is InChI=1S/C21H21N3O4/c1-13(19(25)22-15-6-3-2-4-7-15)28-21(27)14-9-10-17-16(12-14)23-20(26)18-8-5-11-24(17)18/h2-4,6-7,9-10,12-13,18H,5,8,11H2,1H3,(H,22,25)(H,23,26)/t13-,18+/m0/s1. The van der Waals surface area contributed by atoms with E-state index >= 15 is 0 Å². The zero-order valence-corrected chi connectivity index (χ0v) is 15.5. The first-order valence-corrected chi connectivity index (χ1v) is 9.31. The van der Waals surface area contributed by atoms with E-state index in [1.54, 1.807) is 36.4 Å². The van der Waals surface area contributed by atoms with Gasteiger partial charge in [0.15, 0.2) is 6.10 Å². The third-order valence-corrected chi connectivity index (χ3v) is 5.05. The molecule has 7 nitrogen and oxygen atoms in total. The lowest BCUT2D eigenvalue weighted by molar-refractivity contribution is -0.123. The molecule has 2 atom stereocenters. The highest BCUT2D eigenvalue weighted by Gasteiger charge is 2.36. The fourth-order valence-corrected chi connectivity index (χ4v) is 3.60. The molecule has 0 spiro atoms. The maximum atomic E-state index is 12.5. The van der Waals surface area contributed by atoms with Gasteiger partial charge in [0.25, 0.3) is 5.91 Å². The summed E-state index contributed by atoms with van der Waals surface area (Å²) in [4.78, 5) is 39.0. The maximum absolute atomic E-state index is 12.5. The number of fused-ring (bicyclic) bond motifs is 3. The maximum Gasteiger partial charge on any atom is 0.338 e. The van der Waals surface area contributed by atoms with Crippen LogP contribution in [0.3, 0.4) is 0 Å². The molecule has 4 rings (SSSR count). The average molecular weight is 379 g/mol. The molecule has 0 saturated carbocycles. The minimum Gasteiger partial charge on any atom is -0.449 e. The van der Waals surface area contributed by atoms with E-state index in [9.17, 15) is 14.4 Å². The summed E-state index contributed by atoms with van der Waals surface area (Å²) < 4.78 is 5.30. The van der Waals surface area contributed by atoms with E-state index in [1.165, 1.54) is 6.92 Å². The van der Waals surface area contributed by atoms with Gasteiger partial charge in [-0.25, -0.2) is 4.79 Å². The Labute approximate surface area is 162 Å². The van der Waals surface area contributed by atoms with Crippen LogP contribution < -0.4 is 15.5 Å². The van der Waals surface area contributed by atoms with Crippen LogP contribution >= 0.6 is 0 Å². The van der Waals surface area contributed by atoms with Gasteiger partial charge in [0.2, 0.25) is 5.91 Å². The molecule has 1 saturated heterocycles. The second-order valence-electron chi connectivity index (χ2n) is 6.98. The number of carbonyl (C=O) groups is 3. The number of benzene rings is 2. The second kappa shape index (κ2) is 7.34. The SMILES string of the molecule is C[C@H](OC(=O)c1ccc2c(c1)NC(=O)[C@H]1CCCN21)C(=O)Nc1ccccc1. The van der Waals surface area contributed by atoms with Gasteiger partial charge in [0.05, 0.1) is 16.9 Å². The van der Waals surface area contributed by atoms with Crippen LogP contribution in [0, 0.1) is 0 Å².